The lowest BCUT2D eigenvalue weighted by molar-refractivity contribution is 0.0689. The zero-order valence-electron chi connectivity index (χ0n) is 10.4. The van der Waals surface area contributed by atoms with Crippen molar-refractivity contribution in [3.63, 3.8) is 0 Å². The van der Waals surface area contributed by atoms with Gasteiger partial charge in [-0.25, -0.2) is 9.78 Å². The molecule has 0 atom stereocenters. The van der Waals surface area contributed by atoms with E-state index >= 15 is 0 Å². The van der Waals surface area contributed by atoms with Gasteiger partial charge in [-0.1, -0.05) is 18.2 Å². The number of aromatic carboxylic acids is 1. The first-order valence-corrected chi connectivity index (χ1v) is 6.63. The van der Waals surface area contributed by atoms with Crippen LogP contribution in [0.5, 0.6) is 5.75 Å². The molecule has 0 spiro atoms. The van der Waals surface area contributed by atoms with Gasteiger partial charge in [-0.15, -0.1) is 11.8 Å². The zero-order valence-corrected chi connectivity index (χ0v) is 11.2. The molecule has 2 aromatic rings. The zero-order chi connectivity index (χ0) is 13.7. The van der Waals surface area contributed by atoms with Gasteiger partial charge in [-0.3, -0.25) is 0 Å². The lowest BCUT2D eigenvalue weighted by atomic mass is 10.2. The number of rotatable bonds is 5. The largest absolute Gasteiger partial charge is 0.497 e. The average molecular weight is 275 g/mol. The number of hydrogen-bond donors (Lipinski definition) is 1. The summed E-state index contributed by atoms with van der Waals surface area (Å²) in [6.07, 6.45) is 0. The summed E-state index contributed by atoms with van der Waals surface area (Å²) in [5, 5.41) is 9.57. The summed E-state index contributed by atoms with van der Waals surface area (Å²) in [4.78, 5) is 14.9. The molecule has 0 bridgehead atoms. The van der Waals surface area contributed by atoms with Crippen molar-refractivity contribution < 1.29 is 14.6 Å². The second-order valence-corrected chi connectivity index (χ2v) is 4.80. The number of pyridine rings is 1. The summed E-state index contributed by atoms with van der Waals surface area (Å²) in [5.74, 6) is 0.548. The van der Waals surface area contributed by atoms with Crippen molar-refractivity contribution in [2.45, 2.75) is 10.8 Å². The van der Waals surface area contributed by atoms with Crippen LogP contribution in [0.25, 0.3) is 0 Å². The van der Waals surface area contributed by atoms with Crippen LogP contribution in [0.3, 0.4) is 0 Å². The van der Waals surface area contributed by atoms with E-state index in [1.54, 1.807) is 19.2 Å². The monoisotopic (exact) mass is 275 g/mol. The maximum absolute atomic E-state index is 10.8. The van der Waals surface area contributed by atoms with Gasteiger partial charge in [0.25, 0.3) is 0 Å². The second kappa shape index (κ2) is 6.24. The molecule has 0 aliphatic heterocycles. The van der Waals surface area contributed by atoms with Crippen LogP contribution in [0.1, 0.15) is 16.1 Å². The summed E-state index contributed by atoms with van der Waals surface area (Å²) in [5.41, 5.74) is 1.20. The highest BCUT2D eigenvalue weighted by molar-refractivity contribution is 7.98. The summed E-state index contributed by atoms with van der Waals surface area (Å²) >= 11 is 1.50. The van der Waals surface area contributed by atoms with E-state index in [1.807, 2.05) is 24.3 Å². The van der Waals surface area contributed by atoms with Crippen molar-refractivity contribution >= 4 is 17.7 Å². The minimum atomic E-state index is -1.01. The molecule has 0 unspecified atom stereocenters. The van der Waals surface area contributed by atoms with E-state index in [9.17, 15) is 4.79 Å². The van der Waals surface area contributed by atoms with E-state index in [0.717, 1.165) is 17.1 Å². The number of thioether (sulfide) groups is 1. The number of methoxy groups -OCH3 is 1. The number of carboxylic acids is 1. The molecule has 98 valence electrons. The normalized spacial score (nSPS) is 10.2. The van der Waals surface area contributed by atoms with E-state index in [4.69, 9.17) is 9.84 Å². The van der Waals surface area contributed by atoms with Gasteiger partial charge in [0.2, 0.25) is 0 Å². The van der Waals surface area contributed by atoms with Crippen molar-refractivity contribution in [2.75, 3.05) is 7.11 Å². The predicted octanol–water partition coefficient (Wildman–Crippen LogP) is 3.08. The maximum atomic E-state index is 10.8. The van der Waals surface area contributed by atoms with Gasteiger partial charge < -0.3 is 9.84 Å². The molecule has 1 N–H and O–H groups in total. The average Bonchev–Trinajstić information content (AvgIpc) is 2.46. The number of carboxylic acid groups (broad SMARTS) is 1. The summed E-state index contributed by atoms with van der Waals surface area (Å²) in [6, 6.07) is 12.8. The van der Waals surface area contributed by atoms with E-state index in [-0.39, 0.29) is 5.69 Å². The molecule has 0 aliphatic carbocycles. The van der Waals surface area contributed by atoms with Crippen LogP contribution in [0.2, 0.25) is 0 Å². The van der Waals surface area contributed by atoms with Crippen LogP contribution in [-0.4, -0.2) is 23.2 Å². The number of hydrogen-bond acceptors (Lipinski definition) is 4. The highest BCUT2D eigenvalue weighted by atomic mass is 32.2. The molecule has 5 heteroatoms. The van der Waals surface area contributed by atoms with Gasteiger partial charge in [0.15, 0.2) is 0 Å². The highest BCUT2D eigenvalue weighted by Crippen LogP contribution is 2.22. The molecule has 1 heterocycles. The minimum absolute atomic E-state index is 0.0692. The molecule has 0 fully saturated rings. The Kier molecular flexibility index (Phi) is 4.41. The number of aromatic nitrogens is 1. The molecular weight excluding hydrogens is 262 g/mol. The van der Waals surface area contributed by atoms with Gasteiger partial charge in [-0.05, 0) is 29.8 Å². The van der Waals surface area contributed by atoms with Crippen LogP contribution in [0.4, 0.5) is 0 Å². The predicted molar refractivity (Wildman–Crippen MR) is 73.8 cm³/mol. The van der Waals surface area contributed by atoms with Gasteiger partial charge >= 0.3 is 5.97 Å². The SMILES string of the molecule is COc1ccc(CSc2cccc(C(=O)O)n2)cc1. The molecule has 19 heavy (non-hydrogen) atoms. The highest BCUT2D eigenvalue weighted by Gasteiger charge is 2.05. The molecule has 0 saturated carbocycles. The summed E-state index contributed by atoms with van der Waals surface area (Å²) in [6.45, 7) is 0. The topological polar surface area (TPSA) is 59.4 Å². The van der Waals surface area contributed by atoms with Crippen molar-refractivity contribution in [1.29, 1.82) is 0 Å². The third-order valence-corrected chi connectivity index (χ3v) is 3.49. The third kappa shape index (κ3) is 3.72. The fraction of sp³-hybridized carbons (Fsp3) is 0.143. The number of ether oxygens (including phenoxy) is 1. The van der Waals surface area contributed by atoms with Crippen LogP contribution < -0.4 is 4.74 Å². The fourth-order valence-electron chi connectivity index (χ4n) is 1.49. The maximum Gasteiger partial charge on any atom is 0.354 e. The Morgan fingerprint density at radius 1 is 1.26 bits per heavy atom. The molecule has 4 nitrogen and oxygen atoms in total. The van der Waals surface area contributed by atoms with Crippen molar-refractivity contribution in [1.82, 2.24) is 4.98 Å². The van der Waals surface area contributed by atoms with Crippen LogP contribution >= 0.6 is 11.8 Å². The molecule has 0 amide bonds. The first-order valence-electron chi connectivity index (χ1n) is 5.65. The quantitative estimate of drug-likeness (QED) is 0.850. The lowest BCUT2D eigenvalue weighted by Gasteiger charge is -2.04. The molecule has 0 saturated heterocycles. The van der Waals surface area contributed by atoms with Gasteiger partial charge in [0, 0.05) is 5.75 Å². The molecule has 2 rings (SSSR count). The Morgan fingerprint density at radius 2 is 2.00 bits per heavy atom. The Balaban J connectivity index is 2.01. The Bertz CT molecular complexity index is 569. The summed E-state index contributed by atoms with van der Waals surface area (Å²) in [7, 11) is 1.63. The van der Waals surface area contributed by atoms with E-state index in [2.05, 4.69) is 4.98 Å². The van der Waals surface area contributed by atoms with Crippen LogP contribution in [-0.2, 0) is 5.75 Å². The lowest BCUT2D eigenvalue weighted by Crippen LogP contribution is -2.00. The van der Waals surface area contributed by atoms with Crippen LogP contribution in [0.15, 0.2) is 47.5 Å². The van der Waals surface area contributed by atoms with E-state index in [1.165, 1.54) is 17.8 Å². The van der Waals surface area contributed by atoms with Crippen molar-refractivity contribution in [3.05, 3.63) is 53.7 Å². The fourth-order valence-corrected chi connectivity index (χ4v) is 2.34. The van der Waals surface area contributed by atoms with Crippen molar-refractivity contribution in [3.8, 4) is 5.75 Å². The number of carbonyl (C=O) groups is 1. The van der Waals surface area contributed by atoms with Crippen molar-refractivity contribution in [2.24, 2.45) is 0 Å². The number of nitrogens with zero attached hydrogens (tertiary/aromatic N) is 1. The first-order chi connectivity index (χ1) is 9.19. The third-order valence-electron chi connectivity index (χ3n) is 2.49. The molecule has 1 aromatic heterocycles. The second-order valence-electron chi connectivity index (χ2n) is 3.80. The minimum Gasteiger partial charge on any atom is -0.497 e. The Morgan fingerprint density at radius 3 is 2.63 bits per heavy atom. The van der Waals surface area contributed by atoms with Gasteiger partial charge in [0.1, 0.15) is 11.4 Å². The Labute approximate surface area is 115 Å². The van der Waals surface area contributed by atoms with Crippen LogP contribution in [0, 0.1) is 0 Å². The first kappa shape index (κ1) is 13.4. The molecule has 1 aromatic carbocycles. The van der Waals surface area contributed by atoms with E-state index in [0.29, 0.717) is 5.03 Å². The Hall–Kier alpha value is -2.01. The van der Waals surface area contributed by atoms with Gasteiger partial charge in [-0.2, -0.15) is 0 Å². The summed E-state index contributed by atoms with van der Waals surface area (Å²) < 4.78 is 5.09. The molecular formula is C14H13NO3S. The number of benzene rings is 1. The molecule has 0 radical (unpaired) electrons. The molecule has 0 aliphatic rings. The smallest absolute Gasteiger partial charge is 0.354 e. The van der Waals surface area contributed by atoms with E-state index < -0.39 is 5.97 Å². The van der Waals surface area contributed by atoms with Gasteiger partial charge in [0.05, 0.1) is 12.1 Å². The standard InChI is InChI=1S/C14H13NO3S/c1-18-11-7-5-10(6-8-11)9-19-13-4-2-3-12(15-13)14(16)17/h2-8H,9H2,1H3,(H,16,17).